The molecule has 0 amide bonds. The summed E-state index contributed by atoms with van der Waals surface area (Å²) in [5.41, 5.74) is 0. The third-order valence-corrected chi connectivity index (χ3v) is 2.59. The fourth-order valence-corrected chi connectivity index (χ4v) is 1.73. The number of hydrogen-bond acceptors (Lipinski definition) is 2. The van der Waals surface area contributed by atoms with Crippen LogP contribution in [0.2, 0.25) is 0 Å². The van der Waals surface area contributed by atoms with E-state index in [-0.39, 0.29) is 6.10 Å². The minimum Gasteiger partial charge on any atom is -0.424 e. The molecule has 2 heteroatoms. The van der Waals surface area contributed by atoms with Crippen LogP contribution in [0.15, 0.2) is 0 Å². The second-order valence-electron chi connectivity index (χ2n) is 3.26. The van der Waals surface area contributed by atoms with Crippen molar-refractivity contribution in [3.63, 3.8) is 0 Å². The summed E-state index contributed by atoms with van der Waals surface area (Å²) in [7, 11) is 0. The lowest BCUT2D eigenvalue weighted by Crippen LogP contribution is -2.19. The first-order chi connectivity index (χ1) is 5.36. The van der Waals surface area contributed by atoms with E-state index in [1.54, 1.807) is 6.26 Å². The predicted molar refractivity (Wildman–Crippen MR) is 42.7 cm³/mol. The molecule has 1 aliphatic rings. The lowest BCUT2D eigenvalue weighted by Gasteiger charge is -2.25. The minimum absolute atomic E-state index is 0.225. The van der Waals surface area contributed by atoms with Crippen LogP contribution in [0.5, 0.6) is 0 Å². The van der Waals surface area contributed by atoms with Gasteiger partial charge < -0.3 is 4.74 Å². The Morgan fingerprint density at radius 1 is 1.36 bits per heavy atom. The predicted octanol–water partition coefficient (Wildman–Crippen LogP) is 2.45. The molecule has 1 rings (SSSR count). The second kappa shape index (κ2) is 4.23. The van der Waals surface area contributed by atoms with E-state index in [0.29, 0.717) is 0 Å². The Balaban J connectivity index is 2.20. The zero-order valence-electron chi connectivity index (χ0n) is 7.05. The number of ether oxygens (including phenoxy) is 1. The molecule has 0 bridgehead atoms. The number of nitrogens with zero attached hydrogens (tertiary/aromatic N) is 1. The lowest BCUT2D eigenvalue weighted by atomic mass is 9.86. The smallest absolute Gasteiger partial charge is 0.286 e. The summed E-state index contributed by atoms with van der Waals surface area (Å²) in [6.07, 6.45) is 7.90. The molecule has 0 N–H and O–H groups in total. The molecule has 1 saturated carbocycles. The molecule has 0 aliphatic heterocycles. The number of rotatable bonds is 2. The Hall–Kier alpha value is -0.710. The van der Waals surface area contributed by atoms with E-state index in [0.717, 1.165) is 18.8 Å². The van der Waals surface area contributed by atoms with Crippen LogP contribution in [0.25, 0.3) is 0 Å². The summed E-state index contributed by atoms with van der Waals surface area (Å²) in [5, 5.41) is 8.27. The van der Waals surface area contributed by atoms with Crippen molar-refractivity contribution >= 4 is 0 Å². The highest BCUT2D eigenvalue weighted by Gasteiger charge is 2.20. The molecule has 0 saturated heterocycles. The molecular weight excluding hydrogens is 138 g/mol. The van der Waals surface area contributed by atoms with Crippen molar-refractivity contribution in [1.82, 2.24) is 0 Å². The van der Waals surface area contributed by atoms with E-state index in [4.69, 9.17) is 10.00 Å². The Morgan fingerprint density at radius 2 is 2.00 bits per heavy atom. The van der Waals surface area contributed by atoms with Crippen molar-refractivity contribution in [2.45, 2.75) is 45.1 Å². The fourth-order valence-electron chi connectivity index (χ4n) is 1.73. The van der Waals surface area contributed by atoms with E-state index in [1.807, 2.05) is 0 Å². The molecule has 62 valence electrons. The highest BCUT2D eigenvalue weighted by molar-refractivity contribution is 4.73. The molecule has 0 radical (unpaired) electrons. The third kappa shape index (κ3) is 2.42. The van der Waals surface area contributed by atoms with Crippen molar-refractivity contribution in [2.24, 2.45) is 5.92 Å². The first-order valence-corrected chi connectivity index (χ1v) is 4.41. The minimum atomic E-state index is 0.225. The SMILES string of the molecule is CCC1CCC(OC#N)CC1. The summed E-state index contributed by atoms with van der Waals surface area (Å²) < 4.78 is 4.88. The molecule has 0 aromatic heterocycles. The van der Waals surface area contributed by atoms with Crippen molar-refractivity contribution in [1.29, 1.82) is 5.26 Å². The molecule has 0 unspecified atom stereocenters. The monoisotopic (exact) mass is 153 g/mol. The van der Waals surface area contributed by atoms with Gasteiger partial charge in [-0.05, 0) is 31.6 Å². The Labute approximate surface area is 68.2 Å². The van der Waals surface area contributed by atoms with Gasteiger partial charge in [0, 0.05) is 0 Å². The Morgan fingerprint density at radius 3 is 2.45 bits per heavy atom. The normalized spacial score (nSPS) is 30.9. The van der Waals surface area contributed by atoms with Crippen LogP contribution in [0.1, 0.15) is 39.0 Å². The van der Waals surface area contributed by atoms with Gasteiger partial charge in [0.25, 0.3) is 6.26 Å². The average molecular weight is 153 g/mol. The van der Waals surface area contributed by atoms with Gasteiger partial charge in [0.05, 0.1) is 0 Å². The largest absolute Gasteiger partial charge is 0.424 e. The van der Waals surface area contributed by atoms with E-state index in [2.05, 4.69) is 6.92 Å². The second-order valence-corrected chi connectivity index (χ2v) is 3.26. The van der Waals surface area contributed by atoms with Crippen LogP contribution in [0.3, 0.4) is 0 Å². The van der Waals surface area contributed by atoms with Gasteiger partial charge in [-0.3, -0.25) is 0 Å². The van der Waals surface area contributed by atoms with Crippen molar-refractivity contribution < 1.29 is 4.74 Å². The van der Waals surface area contributed by atoms with Crippen molar-refractivity contribution in [2.75, 3.05) is 0 Å². The number of hydrogen-bond donors (Lipinski definition) is 0. The first kappa shape index (κ1) is 8.39. The Kier molecular flexibility index (Phi) is 3.22. The Bertz CT molecular complexity index is 142. The van der Waals surface area contributed by atoms with Crippen LogP contribution in [0, 0.1) is 17.4 Å². The third-order valence-electron chi connectivity index (χ3n) is 2.59. The van der Waals surface area contributed by atoms with E-state index in [1.165, 1.54) is 19.3 Å². The molecule has 1 fully saturated rings. The molecular formula is C9H15NO. The summed E-state index contributed by atoms with van der Waals surface area (Å²) in [6, 6.07) is 0. The van der Waals surface area contributed by atoms with Gasteiger partial charge in [-0.15, -0.1) is 0 Å². The molecule has 0 atom stereocenters. The molecule has 2 nitrogen and oxygen atoms in total. The van der Waals surface area contributed by atoms with Gasteiger partial charge >= 0.3 is 0 Å². The number of nitriles is 1. The molecule has 0 aromatic carbocycles. The quantitative estimate of drug-likeness (QED) is 0.571. The van der Waals surface area contributed by atoms with Crippen LogP contribution in [0.4, 0.5) is 0 Å². The fraction of sp³-hybridized carbons (Fsp3) is 0.889. The van der Waals surface area contributed by atoms with Gasteiger partial charge in [-0.1, -0.05) is 13.3 Å². The molecule has 1 aliphatic carbocycles. The maximum atomic E-state index is 8.27. The van der Waals surface area contributed by atoms with Crippen LogP contribution >= 0.6 is 0 Å². The standard InChI is InChI=1S/C9H15NO/c1-2-8-3-5-9(6-4-8)11-7-10/h8-9H,2-6H2,1H3. The summed E-state index contributed by atoms with van der Waals surface area (Å²) in [6.45, 7) is 2.23. The topological polar surface area (TPSA) is 33.0 Å². The van der Waals surface area contributed by atoms with Crippen molar-refractivity contribution in [3.8, 4) is 6.26 Å². The maximum absolute atomic E-state index is 8.27. The van der Waals surface area contributed by atoms with E-state index in [9.17, 15) is 0 Å². The molecule has 0 heterocycles. The highest BCUT2D eigenvalue weighted by atomic mass is 16.5. The van der Waals surface area contributed by atoms with Crippen LogP contribution in [-0.2, 0) is 4.74 Å². The van der Waals surface area contributed by atoms with Gasteiger partial charge in [0.2, 0.25) is 0 Å². The summed E-state index contributed by atoms with van der Waals surface area (Å²) in [5.74, 6) is 0.883. The van der Waals surface area contributed by atoms with Gasteiger partial charge in [-0.2, -0.15) is 5.26 Å². The van der Waals surface area contributed by atoms with Crippen LogP contribution in [-0.4, -0.2) is 6.10 Å². The first-order valence-electron chi connectivity index (χ1n) is 4.41. The molecule has 11 heavy (non-hydrogen) atoms. The zero-order chi connectivity index (χ0) is 8.10. The summed E-state index contributed by atoms with van der Waals surface area (Å²) in [4.78, 5) is 0. The molecule has 0 aromatic rings. The van der Waals surface area contributed by atoms with Crippen molar-refractivity contribution in [3.05, 3.63) is 0 Å². The highest BCUT2D eigenvalue weighted by Crippen LogP contribution is 2.27. The van der Waals surface area contributed by atoms with E-state index < -0.39 is 0 Å². The zero-order valence-corrected chi connectivity index (χ0v) is 7.05. The van der Waals surface area contributed by atoms with E-state index >= 15 is 0 Å². The lowest BCUT2D eigenvalue weighted by molar-refractivity contribution is 0.0999. The van der Waals surface area contributed by atoms with Gasteiger partial charge in [-0.25, -0.2) is 0 Å². The summed E-state index contributed by atoms with van der Waals surface area (Å²) >= 11 is 0. The van der Waals surface area contributed by atoms with Gasteiger partial charge in [0.15, 0.2) is 0 Å². The van der Waals surface area contributed by atoms with Crippen LogP contribution < -0.4 is 0 Å². The van der Waals surface area contributed by atoms with Gasteiger partial charge in [0.1, 0.15) is 6.10 Å². The molecule has 0 spiro atoms. The average Bonchev–Trinajstić information content (AvgIpc) is 2.07. The maximum Gasteiger partial charge on any atom is 0.286 e.